The molecule has 6 heteroatoms. The summed E-state index contributed by atoms with van der Waals surface area (Å²) in [5.74, 6) is 2.06. The largest absolute Gasteiger partial charge is 0.497 e. The third-order valence-electron chi connectivity index (χ3n) is 2.31. The summed E-state index contributed by atoms with van der Waals surface area (Å²) in [5.41, 5.74) is 0. The van der Waals surface area contributed by atoms with Crippen LogP contribution in [-0.4, -0.2) is 23.9 Å². The van der Waals surface area contributed by atoms with Crippen molar-refractivity contribution in [2.24, 2.45) is 0 Å². The van der Waals surface area contributed by atoms with Crippen LogP contribution in [0, 0.1) is 6.92 Å². The van der Waals surface area contributed by atoms with E-state index in [4.69, 9.17) is 9.26 Å². The molecule has 0 radical (unpaired) electrons. The maximum absolute atomic E-state index is 11.7. The number of nitrogens with zero attached hydrogens (tertiary/aromatic N) is 1. The molecular weight excluding hydrogens is 264 g/mol. The van der Waals surface area contributed by atoms with E-state index in [0.29, 0.717) is 17.3 Å². The highest BCUT2D eigenvalue weighted by molar-refractivity contribution is 8.00. The molecule has 0 aliphatic rings. The van der Waals surface area contributed by atoms with Gasteiger partial charge in [-0.05, 0) is 25.1 Å². The number of ether oxygens (including phenoxy) is 1. The molecule has 1 amide bonds. The molecule has 0 fully saturated rings. The van der Waals surface area contributed by atoms with Gasteiger partial charge in [-0.3, -0.25) is 4.79 Å². The zero-order valence-electron chi connectivity index (χ0n) is 10.7. The number of nitrogens with one attached hydrogen (secondary N) is 1. The van der Waals surface area contributed by atoms with E-state index in [0.717, 1.165) is 10.6 Å². The highest BCUT2D eigenvalue weighted by Crippen LogP contribution is 2.22. The van der Waals surface area contributed by atoms with Crippen LogP contribution in [0.15, 0.2) is 39.8 Å². The number of aromatic nitrogens is 1. The molecule has 0 saturated carbocycles. The van der Waals surface area contributed by atoms with E-state index >= 15 is 0 Å². The van der Waals surface area contributed by atoms with Crippen LogP contribution in [0.5, 0.6) is 5.75 Å². The fraction of sp³-hybridized carbons (Fsp3) is 0.231. The van der Waals surface area contributed by atoms with Crippen LogP contribution >= 0.6 is 11.8 Å². The number of benzene rings is 1. The summed E-state index contributed by atoms with van der Waals surface area (Å²) in [6.45, 7) is 1.77. The standard InChI is InChI=1S/C13H14N2O3S/c1-9-6-12(15-18-9)14-13(16)8-19-11-5-3-4-10(7-11)17-2/h3-7H,8H2,1-2H3,(H,14,15,16). The Kier molecular flexibility index (Phi) is 4.46. The first-order valence-electron chi connectivity index (χ1n) is 5.67. The summed E-state index contributed by atoms with van der Waals surface area (Å²) in [5, 5.41) is 6.37. The molecule has 0 saturated heterocycles. The van der Waals surface area contributed by atoms with Gasteiger partial charge >= 0.3 is 0 Å². The molecule has 5 nitrogen and oxygen atoms in total. The predicted octanol–water partition coefficient (Wildman–Crippen LogP) is 2.72. The van der Waals surface area contributed by atoms with Crippen molar-refractivity contribution in [3.8, 4) is 5.75 Å². The van der Waals surface area contributed by atoms with Crippen molar-refractivity contribution in [1.29, 1.82) is 0 Å². The third-order valence-corrected chi connectivity index (χ3v) is 3.30. The van der Waals surface area contributed by atoms with Crippen molar-refractivity contribution in [2.75, 3.05) is 18.2 Å². The molecule has 1 heterocycles. The summed E-state index contributed by atoms with van der Waals surface area (Å²) in [4.78, 5) is 12.7. The Labute approximate surface area is 115 Å². The zero-order chi connectivity index (χ0) is 13.7. The first-order chi connectivity index (χ1) is 9.17. The van der Waals surface area contributed by atoms with E-state index in [1.54, 1.807) is 20.1 Å². The Bertz CT molecular complexity index is 569. The van der Waals surface area contributed by atoms with Crippen LogP contribution in [0.1, 0.15) is 5.76 Å². The van der Waals surface area contributed by atoms with Gasteiger partial charge < -0.3 is 14.6 Å². The molecule has 1 aromatic carbocycles. The minimum atomic E-state index is -0.124. The first-order valence-corrected chi connectivity index (χ1v) is 6.66. The lowest BCUT2D eigenvalue weighted by Gasteiger charge is -2.04. The van der Waals surface area contributed by atoms with Gasteiger partial charge in [0.25, 0.3) is 0 Å². The lowest BCUT2D eigenvalue weighted by Crippen LogP contribution is -2.14. The molecule has 0 spiro atoms. The Morgan fingerprint density at radius 2 is 2.32 bits per heavy atom. The van der Waals surface area contributed by atoms with E-state index in [9.17, 15) is 4.79 Å². The molecule has 0 bridgehead atoms. The number of methoxy groups -OCH3 is 1. The van der Waals surface area contributed by atoms with Crippen molar-refractivity contribution in [3.05, 3.63) is 36.1 Å². The quantitative estimate of drug-likeness (QED) is 0.852. The Hall–Kier alpha value is -1.95. The first kappa shape index (κ1) is 13.5. The van der Waals surface area contributed by atoms with Crippen LogP contribution in [0.2, 0.25) is 0 Å². The van der Waals surface area contributed by atoms with Crippen LogP contribution in [0.25, 0.3) is 0 Å². The number of rotatable bonds is 5. The van der Waals surface area contributed by atoms with E-state index < -0.39 is 0 Å². The molecule has 0 atom stereocenters. The number of thioether (sulfide) groups is 1. The fourth-order valence-electron chi connectivity index (χ4n) is 1.44. The Morgan fingerprint density at radius 3 is 3.00 bits per heavy atom. The van der Waals surface area contributed by atoms with Gasteiger partial charge in [0, 0.05) is 11.0 Å². The predicted molar refractivity (Wildman–Crippen MR) is 73.6 cm³/mol. The number of hydrogen-bond acceptors (Lipinski definition) is 5. The summed E-state index contributed by atoms with van der Waals surface area (Å²) in [6.07, 6.45) is 0. The van der Waals surface area contributed by atoms with Crippen molar-refractivity contribution >= 4 is 23.5 Å². The van der Waals surface area contributed by atoms with E-state index in [2.05, 4.69) is 10.5 Å². The topological polar surface area (TPSA) is 64.4 Å². The zero-order valence-corrected chi connectivity index (χ0v) is 11.5. The van der Waals surface area contributed by atoms with Gasteiger partial charge in [-0.1, -0.05) is 11.2 Å². The van der Waals surface area contributed by atoms with Crippen molar-refractivity contribution in [3.63, 3.8) is 0 Å². The van der Waals surface area contributed by atoms with Crippen LogP contribution in [0.4, 0.5) is 5.82 Å². The smallest absolute Gasteiger partial charge is 0.235 e. The van der Waals surface area contributed by atoms with Crippen molar-refractivity contribution < 1.29 is 14.1 Å². The SMILES string of the molecule is COc1cccc(SCC(=O)Nc2cc(C)on2)c1. The van der Waals surface area contributed by atoms with E-state index in [1.165, 1.54) is 11.8 Å². The van der Waals surface area contributed by atoms with Crippen molar-refractivity contribution in [2.45, 2.75) is 11.8 Å². The number of anilines is 1. The van der Waals surface area contributed by atoms with Gasteiger partial charge in [-0.25, -0.2) is 0 Å². The van der Waals surface area contributed by atoms with Gasteiger partial charge in [0.1, 0.15) is 11.5 Å². The average molecular weight is 278 g/mol. The minimum Gasteiger partial charge on any atom is -0.497 e. The van der Waals surface area contributed by atoms with Crippen LogP contribution < -0.4 is 10.1 Å². The number of amides is 1. The molecule has 1 N–H and O–H groups in total. The average Bonchev–Trinajstić information content (AvgIpc) is 2.82. The lowest BCUT2D eigenvalue weighted by molar-refractivity contribution is -0.113. The van der Waals surface area contributed by atoms with Gasteiger partial charge in [0.05, 0.1) is 12.9 Å². The van der Waals surface area contributed by atoms with Gasteiger partial charge in [0.15, 0.2) is 5.82 Å². The number of carbonyl (C=O) groups excluding carboxylic acids is 1. The van der Waals surface area contributed by atoms with E-state index in [1.807, 2.05) is 24.3 Å². The molecule has 0 aliphatic carbocycles. The third kappa shape index (κ3) is 4.03. The van der Waals surface area contributed by atoms with Gasteiger partial charge in [-0.2, -0.15) is 0 Å². The van der Waals surface area contributed by atoms with E-state index in [-0.39, 0.29) is 5.91 Å². The highest BCUT2D eigenvalue weighted by atomic mass is 32.2. The highest BCUT2D eigenvalue weighted by Gasteiger charge is 2.07. The summed E-state index contributed by atoms with van der Waals surface area (Å²) >= 11 is 1.43. The minimum absolute atomic E-state index is 0.124. The molecule has 0 unspecified atom stereocenters. The summed E-state index contributed by atoms with van der Waals surface area (Å²) in [7, 11) is 1.61. The molecule has 2 rings (SSSR count). The van der Waals surface area contributed by atoms with Gasteiger partial charge in [0.2, 0.25) is 5.91 Å². The molecule has 0 aliphatic heterocycles. The molecule has 2 aromatic rings. The second kappa shape index (κ2) is 6.29. The number of aryl methyl sites for hydroxylation is 1. The number of hydrogen-bond donors (Lipinski definition) is 1. The molecule has 19 heavy (non-hydrogen) atoms. The monoisotopic (exact) mass is 278 g/mol. The summed E-state index contributed by atoms with van der Waals surface area (Å²) < 4.78 is 9.99. The second-order valence-corrected chi connectivity index (χ2v) is 4.89. The molecular formula is C13H14N2O3S. The van der Waals surface area contributed by atoms with Crippen LogP contribution in [0.3, 0.4) is 0 Å². The maximum Gasteiger partial charge on any atom is 0.235 e. The Balaban J connectivity index is 1.86. The normalized spacial score (nSPS) is 10.2. The second-order valence-electron chi connectivity index (χ2n) is 3.84. The summed E-state index contributed by atoms with van der Waals surface area (Å²) in [6, 6.07) is 9.25. The van der Waals surface area contributed by atoms with Gasteiger partial charge in [-0.15, -0.1) is 11.8 Å². The van der Waals surface area contributed by atoms with Crippen molar-refractivity contribution in [1.82, 2.24) is 5.16 Å². The number of carbonyl (C=O) groups is 1. The fourth-order valence-corrected chi connectivity index (χ4v) is 2.19. The molecule has 100 valence electrons. The maximum atomic E-state index is 11.7. The lowest BCUT2D eigenvalue weighted by atomic mass is 10.3. The molecule has 1 aromatic heterocycles. The van der Waals surface area contributed by atoms with Crippen LogP contribution in [-0.2, 0) is 4.79 Å². The Morgan fingerprint density at radius 1 is 1.47 bits per heavy atom.